The van der Waals surface area contributed by atoms with Crippen molar-refractivity contribution < 1.29 is 37.0 Å². The number of rotatable bonds is 5. The molecule has 0 aromatic carbocycles. The molecule has 1 saturated carbocycles. The van der Waals surface area contributed by atoms with Crippen LogP contribution in [0.25, 0.3) is 0 Å². The van der Waals surface area contributed by atoms with Gasteiger partial charge in [0.2, 0.25) is 5.91 Å². The summed E-state index contributed by atoms with van der Waals surface area (Å²) < 4.78 is 43.5. The molecular weight excluding hydrogens is 405 g/mol. The van der Waals surface area contributed by atoms with Crippen LogP contribution in [0, 0.1) is 12.8 Å². The first-order chi connectivity index (χ1) is 14.1. The summed E-state index contributed by atoms with van der Waals surface area (Å²) in [5.74, 6) is -0.0327. The molecule has 3 aliphatic rings. The van der Waals surface area contributed by atoms with Crippen molar-refractivity contribution in [2.45, 2.75) is 70.0 Å². The lowest BCUT2D eigenvalue weighted by Crippen LogP contribution is -2.40. The zero-order valence-corrected chi connectivity index (χ0v) is 16.8. The van der Waals surface area contributed by atoms with Crippen LogP contribution in [0.3, 0.4) is 0 Å². The van der Waals surface area contributed by atoms with Crippen molar-refractivity contribution in [2.24, 2.45) is 5.92 Å². The molecule has 4 rings (SSSR count). The SMILES string of the molecule is Cc1ccc(CN2C[C@@H]3C[C@H](CC(=O)NC4CCC4)O[C@@H]3C2)o1.O=C(O)C(F)(F)F. The van der Waals surface area contributed by atoms with E-state index in [0.29, 0.717) is 18.4 Å². The van der Waals surface area contributed by atoms with E-state index in [9.17, 15) is 18.0 Å². The van der Waals surface area contributed by atoms with Crippen molar-refractivity contribution in [1.82, 2.24) is 10.2 Å². The molecule has 1 aliphatic carbocycles. The van der Waals surface area contributed by atoms with E-state index < -0.39 is 12.1 Å². The molecule has 1 amide bonds. The number of hydrogen-bond acceptors (Lipinski definition) is 5. The van der Waals surface area contributed by atoms with E-state index in [4.69, 9.17) is 19.1 Å². The zero-order chi connectivity index (χ0) is 21.9. The fourth-order valence-electron chi connectivity index (χ4n) is 4.05. The summed E-state index contributed by atoms with van der Waals surface area (Å²) in [6.07, 6.45) is 0.385. The molecule has 2 saturated heterocycles. The highest BCUT2D eigenvalue weighted by Crippen LogP contribution is 2.35. The first-order valence-electron chi connectivity index (χ1n) is 10.1. The number of alkyl halides is 3. The standard InChI is InChI=1S/C18H26N2O3.C2HF3O2/c1-12-5-6-15(22-12)10-20-9-13-7-16(23-17(13)11-20)8-18(21)19-14-3-2-4-14;3-2(4,5)1(6)7/h5-6,13-14,16-17H,2-4,7-11H2,1H3,(H,19,21);(H,6,7)/t13-,16+,17+;/m0./s1. The maximum atomic E-state index is 12.0. The van der Waals surface area contributed by atoms with Gasteiger partial charge in [-0.3, -0.25) is 9.69 Å². The van der Waals surface area contributed by atoms with Crippen LogP contribution in [0.15, 0.2) is 16.5 Å². The van der Waals surface area contributed by atoms with Crippen LogP contribution >= 0.6 is 0 Å². The average Bonchev–Trinajstić information content (AvgIpc) is 3.26. The smallest absolute Gasteiger partial charge is 0.475 e. The normalized spacial score (nSPS) is 26.5. The molecule has 0 spiro atoms. The fraction of sp³-hybridized carbons (Fsp3) is 0.700. The quantitative estimate of drug-likeness (QED) is 0.744. The summed E-state index contributed by atoms with van der Waals surface area (Å²) in [4.78, 5) is 23.3. The van der Waals surface area contributed by atoms with E-state index in [1.54, 1.807) is 0 Å². The number of furan rings is 1. The Kier molecular flexibility index (Phi) is 7.07. The van der Waals surface area contributed by atoms with Gasteiger partial charge >= 0.3 is 12.1 Å². The van der Waals surface area contributed by atoms with E-state index >= 15 is 0 Å². The molecule has 2 N–H and O–H groups in total. The Morgan fingerprint density at radius 2 is 1.97 bits per heavy atom. The maximum Gasteiger partial charge on any atom is 0.490 e. The molecule has 3 atom stereocenters. The Morgan fingerprint density at radius 3 is 2.47 bits per heavy atom. The van der Waals surface area contributed by atoms with Gasteiger partial charge in [-0.1, -0.05) is 0 Å². The molecule has 2 aliphatic heterocycles. The third-order valence-corrected chi connectivity index (χ3v) is 5.69. The number of carboxylic acid groups (broad SMARTS) is 1. The molecule has 30 heavy (non-hydrogen) atoms. The molecule has 1 aromatic heterocycles. The van der Waals surface area contributed by atoms with Crippen LogP contribution in [0.5, 0.6) is 0 Å². The zero-order valence-electron chi connectivity index (χ0n) is 16.8. The summed E-state index contributed by atoms with van der Waals surface area (Å²) in [6.45, 7) is 4.83. The predicted octanol–water partition coefficient (Wildman–Crippen LogP) is 2.87. The van der Waals surface area contributed by atoms with Gasteiger partial charge in [-0.25, -0.2) is 4.79 Å². The Labute approximate surface area is 172 Å². The molecule has 0 unspecified atom stereocenters. The average molecular weight is 432 g/mol. The van der Waals surface area contributed by atoms with Gasteiger partial charge in [-0.2, -0.15) is 13.2 Å². The van der Waals surface area contributed by atoms with Crippen molar-refractivity contribution in [3.63, 3.8) is 0 Å². The predicted molar refractivity (Wildman–Crippen MR) is 99.6 cm³/mol. The number of carboxylic acids is 1. The number of likely N-dealkylation sites (tertiary alicyclic amines) is 1. The number of nitrogens with zero attached hydrogens (tertiary/aromatic N) is 1. The molecule has 0 bridgehead atoms. The van der Waals surface area contributed by atoms with Gasteiger partial charge < -0.3 is 19.6 Å². The molecule has 3 heterocycles. The largest absolute Gasteiger partial charge is 0.490 e. The van der Waals surface area contributed by atoms with Crippen LogP contribution in [0.1, 0.15) is 43.6 Å². The third kappa shape index (κ3) is 6.21. The van der Waals surface area contributed by atoms with Crippen LogP contribution in [0.2, 0.25) is 0 Å². The number of hydrogen-bond donors (Lipinski definition) is 2. The van der Waals surface area contributed by atoms with Crippen LogP contribution in [-0.2, 0) is 20.9 Å². The summed E-state index contributed by atoms with van der Waals surface area (Å²) in [5.41, 5.74) is 0. The lowest BCUT2D eigenvalue weighted by atomic mass is 9.93. The lowest BCUT2D eigenvalue weighted by Gasteiger charge is -2.27. The minimum Gasteiger partial charge on any atom is -0.475 e. The van der Waals surface area contributed by atoms with E-state index in [1.165, 1.54) is 6.42 Å². The topological polar surface area (TPSA) is 92.0 Å². The van der Waals surface area contributed by atoms with E-state index in [-0.39, 0.29) is 18.1 Å². The second-order valence-electron chi connectivity index (χ2n) is 8.20. The van der Waals surface area contributed by atoms with Gasteiger partial charge in [0.05, 0.1) is 25.2 Å². The molecule has 0 radical (unpaired) electrons. The number of carbonyl (C=O) groups excluding carboxylic acids is 1. The van der Waals surface area contributed by atoms with Gasteiger partial charge in [-0.05, 0) is 44.7 Å². The number of carbonyl (C=O) groups is 2. The van der Waals surface area contributed by atoms with Gasteiger partial charge in [0.15, 0.2) is 0 Å². The second-order valence-corrected chi connectivity index (χ2v) is 8.20. The van der Waals surface area contributed by atoms with Crippen LogP contribution in [0.4, 0.5) is 13.2 Å². The number of amides is 1. The third-order valence-electron chi connectivity index (χ3n) is 5.69. The number of fused-ring (bicyclic) bond motifs is 1. The Morgan fingerprint density at radius 1 is 1.27 bits per heavy atom. The number of nitrogens with one attached hydrogen (secondary N) is 1. The summed E-state index contributed by atoms with van der Waals surface area (Å²) in [5, 5.41) is 10.2. The summed E-state index contributed by atoms with van der Waals surface area (Å²) >= 11 is 0. The molecule has 1 aromatic rings. The number of ether oxygens (including phenoxy) is 1. The maximum absolute atomic E-state index is 12.0. The fourth-order valence-corrected chi connectivity index (χ4v) is 4.05. The Bertz CT molecular complexity index is 733. The monoisotopic (exact) mass is 432 g/mol. The Balaban J connectivity index is 0.000000318. The highest BCUT2D eigenvalue weighted by molar-refractivity contribution is 5.76. The van der Waals surface area contributed by atoms with Gasteiger partial charge in [0.25, 0.3) is 0 Å². The van der Waals surface area contributed by atoms with Crippen molar-refractivity contribution in [3.8, 4) is 0 Å². The highest BCUT2D eigenvalue weighted by atomic mass is 19.4. The van der Waals surface area contributed by atoms with E-state index in [0.717, 1.165) is 50.4 Å². The second kappa shape index (κ2) is 9.38. The van der Waals surface area contributed by atoms with Gasteiger partial charge in [-0.15, -0.1) is 0 Å². The molecule has 3 fully saturated rings. The first kappa shape index (κ1) is 22.6. The highest BCUT2D eigenvalue weighted by Gasteiger charge is 2.42. The molecule has 168 valence electrons. The van der Waals surface area contributed by atoms with Crippen LogP contribution in [-0.4, -0.2) is 59.4 Å². The van der Waals surface area contributed by atoms with Crippen molar-refractivity contribution in [2.75, 3.05) is 13.1 Å². The summed E-state index contributed by atoms with van der Waals surface area (Å²) in [7, 11) is 0. The molecule has 7 nitrogen and oxygen atoms in total. The van der Waals surface area contributed by atoms with Gasteiger partial charge in [0.1, 0.15) is 11.5 Å². The van der Waals surface area contributed by atoms with Crippen LogP contribution < -0.4 is 5.32 Å². The van der Waals surface area contributed by atoms with Crippen molar-refractivity contribution in [3.05, 3.63) is 23.7 Å². The minimum atomic E-state index is -5.08. The number of aryl methyl sites for hydroxylation is 1. The Hall–Kier alpha value is -2.07. The lowest BCUT2D eigenvalue weighted by molar-refractivity contribution is -0.192. The van der Waals surface area contributed by atoms with E-state index in [1.807, 2.05) is 13.0 Å². The number of aliphatic carboxylic acids is 1. The minimum absolute atomic E-state index is 0.109. The van der Waals surface area contributed by atoms with E-state index in [2.05, 4.69) is 16.3 Å². The first-order valence-corrected chi connectivity index (χ1v) is 10.1. The van der Waals surface area contributed by atoms with Gasteiger partial charge in [0, 0.05) is 25.0 Å². The molecule has 10 heteroatoms. The number of halogens is 3. The van der Waals surface area contributed by atoms with Crippen molar-refractivity contribution in [1.29, 1.82) is 0 Å². The van der Waals surface area contributed by atoms with Crippen molar-refractivity contribution >= 4 is 11.9 Å². The molecular formula is C20H27F3N2O5. The summed E-state index contributed by atoms with van der Waals surface area (Å²) in [6, 6.07) is 4.49.